The summed E-state index contributed by atoms with van der Waals surface area (Å²) in [7, 11) is -0.846. The van der Waals surface area contributed by atoms with Crippen molar-refractivity contribution in [1.82, 2.24) is 0 Å². The van der Waals surface area contributed by atoms with E-state index in [-0.39, 0.29) is 0 Å². The van der Waals surface area contributed by atoms with Crippen LogP contribution in [0.4, 0.5) is 0 Å². The molecule has 0 atom stereocenters. The summed E-state index contributed by atoms with van der Waals surface area (Å²) in [6.45, 7) is 19.0. The van der Waals surface area contributed by atoms with Gasteiger partial charge in [0.05, 0.1) is 0 Å². The molecule has 0 aliphatic carbocycles. The van der Waals surface area contributed by atoms with Crippen molar-refractivity contribution in [3.63, 3.8) is 0 Å². The van der Waals surface area contributed by atoms with E-state index >= 15 is 0 Å². The van der Waals surface area contributed by atoms with E-state index in [0.717, 1.165) is 0 Å². The Labute approximate surface area is 437 Å². The molecule has 0 aliphatic rings. The van der Waals surface area contributed by atoms with Gasteiger partial charge in [0.1, 0.15) is 0 Å². The first-order valence-electron chi connectivity index (χ1n) is 29.3. The Morgan fingerprint density at radius 3 is 0.554 bits per heavy atom. The third-order valence-corrected chi connectivity index (χ3v) is 29.3. The van der Waals surface area contributed by atoms with Crippen LogP contribution in [0.15, 0.2) is 0 Å². The van der Waals surface area contributed by atoms with Crippen LogP contribution < -0.4 is 0 Å². The molecule has 0 heterocycles. The van der Waals surface area contributed by atoms with Crippen molar-refractivity contribution in [2.75, 3.05) is 49.3 Å². The molecule has 405 valence electrons. The zero-order valence-corrected chi connectivity index (χ0v) is 53.3. The quantitative estimate of drug-likeness (QED) is 0.0448. The summed E-state index contributed by atoms with van der Waals surface area (Å²) in [5.74, 6) is 0. The summed E-state index contributed by atoms with van der Waals surface area (Å²) in [5.41, 5.74) is 0. The van der Waals surface area contributed by atoms with Gasteiger partial charge in [-0.05, 0) is 0 Å². The number of rotatable bonds is 49. The Morgan fingerprint density at radius 2 is 0.415 bits per heavy atom. The van der Waals surface area contributed by atoms with Gasteiger partial charge in [-0.3, -0.25) is 0 Å². The Morgan fingerprint density at radius 1 is 0.292 bits per heavy atom. The normalized spacial score (nSPS) is 13.1. The predicted octanol–water partition coefficient (Wildman–Crippen LogP) is 24.1. The third kappa shape index (κ3) is 55.8. The Kier molecular flexibility index (Phi) is 58.6. The molecular weight excluding hydrogens is 1060 g/mol. The zero-order chi connectivity index (χ0) is 49.1. The molecule has 9 heteroatoms. The predicted molar refractivity (Wildman–Crippen MR) is 317 cm³/mol. The summed E-state index contributed by atoms with van der Waals surface area (Å²) < 4.78 is 14.2. The maximum absolute atomic E-state index is 10.4. The van der Waals surface area contributed by atoms with Crippen molar-refractivity contribution >= 4 is 64.9 Å². The van der Waals surface area contributed by atoms with Gasteiger partial charge in [-0.2, -0.15) is 0 Å². The van der Waals surface area contributed by atoms with Crippen LogP contribution >= 0.6 is 64.9 Å². The van der Waals surface area contributed by atoms with E-state index in [4.69, 9.17) is 10.1 Å². The summed E-state index contributed by atoms with van der Waals surface area (Å²) in [6.07, 6.45) is 72.3. The first-order valence-corrected chi connectivity index (χ1v) is 42.7. The molecule has 0 aromatic rings. The fraction of sp³-hybridized carbons (Fsp3) is 1.00. The monoisotopic (exact) mass is 1180 g/mol. The van der Waals surface area contributed by atoms with Crippen LogP contribution in [-0.4, -0.2) is 49.3 Å². The van der Waals surface area contributed by atoms with Crippen molar-refractivity contribution in [1.29, 1.82) is 0 Å². The van der Waals surface area contributed by atoms with Crippen molar-refractivity contribution in [3.8, 4) is 0 Å². The average Bonchev–Trinajstić information content (AvgIpc) is 3.29. The summed E-state index contributed by atoms with van der Waals surface area (Å²) in [5, 5.41) is 0. The van der Waals surface area contributed by atoms with Gasteiger partial charge in [-0.1, -0.05) is 52.4 Å². The second-order valence-corrected chi connectivity index (χ2v) is 48.3. The molecule has 0 bridgehead atoms. The molecule has 0 aromatic heterocycles. The molecule has 0 aromatic carbocycles. The van der Waals surface area contributed by atoms with Gasteiger partial charge in [-0.15, -0.1) is 0 Å². The topological polar surface area (TPSA) is 26.3 Å². The summed E-state index contributed by atoms with van der Waals surface area (Å²) >= 11 is 9.60. The fourth-order valence-corrected chi connectivity index (χ4v) is 21.8. The van der Waals surface area contributed by atoms with Crippen LogP contribution in [0, 0.1) is 0 Å². The minimum absolute atomic E-state index is 0.961. The van der Waals surface area contributed by atoms with Crippen LogP contribution in [0.2, 0.25) is 0 Å². The second-order valence-electron chi connectivity index (χ2n) is 20.9. The Hall–Kier alpha value is 2.67. The zero-order valence-electron chi connectivity index (χ0n) is 45.6. The van der Waals surface area contributed by atoms with Gasteiger partial charge in [0, 0.05) is 0 Å². The van der Waals surface area contributed by atoms with Crippen molar-refractivity contribution < 1.29 is 14.6 Å². The number of hydrogen-bond acceptors (Lipinski definition) is 2. The summed E-state index contributed by atoms with van der Waals surface area (Å²) in [4.78, 5) is 0. The first-order chi connectivity index (χ1) is 31.3. The summed E-state index contributed by atoms with van der Waals surface area (Å²) in [6, 6.07) is 0. The van der Waals surface area contributed by atoms with E-state index in [1.807, 2.05) is 0 Å². The van der Waals surface area contributed by atoms with E-state index in [9.17, 15) is 3.87 Å². The molecule has 0 aliphatic heterocycles. The van der Waals surface area contributed by atoms with E-state index in [1.165, 1.54) is 244 Å². The van der Waals surface area contributed by atoms with Crippen LogP contribution in [-0.2, 0) is 14.6 Å². The van der Waals surface area contributed by atoms with E-state index in [2.05, 4.69) is 99.0 Å². The molecule has 0 fully saturated rings. The molecule has 2 nitrogen and oxygen atoms in total. The van der Waals surface area contributed by atoms with E-state index in [0.29, 0.717) is 0 Å². The van der Waals surface area contributed by atoms with Crippen molar-refractivity contribution in [2.24, 2.45) is 0 Å². The molecule has 0 saturated carbocycles. The van der Waals surface area contributed by atoms with Crippen LogP contribution in [0.3, 0.4) is 0 Å². The van der Waals surface area contributed by atoms with Crippen molar-refractivity contribution in [2.45, 2.75) is 312 Å². The van der Waals surface area contributed by atoms with Crippen molar-refractivity contribution in [3.05, 3.63) is 0 Å². The van der Waals surface area contributed by atoms with Gasteiger partial charge in [0.15, 0.2) is 0 Å². The standard InChI is InChI=1S/2C28H61P.2BrH.ClO.ClH.Co.O/c2*1-5-9-13-14-15-16-17-18-19-20-21-22-23-24-28-29(25-10-6-2,26-11-7-3)27-12-8-4;;;1-2;;;/h2*29H,5-28H2,1-4H3;2*1H;;1H;;/q;;;;-1;;+4;/p-3. The molecule has 65 heavy (non-hydrogen) atoms. The number of hydrogen-bond donors (Lipinski definition) is 0. The second kappa shape index (κ2) is 53.0. The molecule has 0 N–H and O–H groups in total. The molecule has 0 spiro atoms. The third-order valence-electron chi connectivity index (χ3n) is 14.6. The maximum atomic E-state index is 10.4. The van der Waals surface area contributed by atoms with Gasteiger partial charge < -0.3 is 0 Å². The molecule has 0 rings (SSSR count). The molecule has 0 saturated heterocycles. The minimum atomic E-state index is -3.95. The number of halogens is 4. The van der Waals surface area contributed by atoms with E-state index < -0.39 is 21.9 Å². The van der Waals surface area contributed by atoms with Gasteiger partial charge in [0.25, 0.3) is 0 Å². The average molecular weight is 1180 g/mol. The van der Waals surface area contributed by atoms with Crippen LogP contribution in [0.5, 0.6) is 0 Å². The molecular formula is C56H122Br2Cl2CoO2P2. The Balaban J connectivity index is -0.00000103. The SMILES string of the molecule is CCCCCCCCCCCCCCCC[PH](CCCC)(CCCC)CCCC.CCCCCCCCCCCCCCCC[PH](CCCC)(CCCC)CCCC.[O]=[Co]([Cl])([Br])([Br])[O]Cl. The van der Waals surface area contributed by atoms with Crippen LogP contribution in [0.1, 0.15) is 312 Å². The van der Waals surface area contributed by atoms with Gasteiger partial charge in [0.2, 0.25) is 0 Å². The molecule has 0 radical (unpaired) electrons. The Bertz CT molecular complexity index is 873. The van der Waals surface area contributed by atoms with E-state index in [1.54, 1.807) is 62.1 Å². The molecule has 0 unspecified atom stereocenters. The fourth-order valence-electron chi connectivity index (χ4n) is 10.2. The van der Waals surface area contributed by atoms with Gasteiger partial charge in [-0.25, -0.2) is 0 Å². The van der Waals surface area contributed by atoms with Gasteiger partial charge >= 0.3 is 389 Å². The molecule has 0 amide bonds. The van der Waals surface area contributed by atoms with Crippen LogP contribution in [0.25, 0.3) is 0 Å². The first kappa shape index (κ1) is 71.9. The number of unbranched alkanes of at least 4 members (excludes halogenated alkanes) is 32.